The van der Waals surface area contributed by atoms with Gasteiger partial charge in [0.05, 0.1) is 18.6 Å². The first-order valence-electron chi connectivity index (χ1n) is 10.3. The van der Waals surface area contributed by atoms with Crippen LogP contribution in [0.2, 0.25) is 0 Å². The first-order valence-corrected chi connectivity index (χ1v) is 10.3. The van der Waals surface area contributed by atoms with Crippen LogP contribution in [0, 0.1) is 0 Å². The number of unbranched alkanes of at least 4 members (excludes halogenated alkanes) is 1. The number of carbonyl (C=O) groups excluding carboxylic acids is 2. The summed E-state index contributed by atoms with van der Waals surface area (Å²) in [7, 11) is 1.53. The molecular weight excluding hydrogens is 356 g/mol. The van der Waals surface area contributed by atoms with Gasteiger partial charge in [-0.1, -0.05) is 30.3 Å². The Hall–Kier alpha value is -1.92. The Morgan fingerprint density at radius 2 is 1.89 bits per heavy atom. The Balaban J connectivity index is 1.44. The summed E-state index contributed by atoms with van der Waals surface area (Å²) in [5.74, 6) is 0.200. The second kappa shape index (κ2) is 10.0. The summed E-state index contributed by atoms with van der Waals surface area (Å²) in [5.41, 5.74) is 0.946. The second-order valence-electron chi connectivity index (χ2n) is 7.85. The average Bonchev–Trinajstić information content (AvgIpc) is 2.85. The molecule has 1 spiro atoms. The van der Waals surface area contributed by atoms with E-state index < -0.39 is 5.60 Å². The van der Waals surface area contributed by atoms with Crippen LogP contribution in [0.1, 0.15) is 37.7 Å². The largest absolute Gasteiger partial charge is 0.375 e. The molecule has 2 amide bonds. The topological polar surface area (TPSA) is 59.1 Å². The maximum absolute atomic E-state index is 12.8. The Labute approximate surface area is 167 Å². The number of methoxy groups -OCH3 is 1. The van der Waals surface area contributed by atoms with E-state index in [2.05, 4.69) is 24.3 Å². The smallest absolute Gasteiger partial charge is 0.248 e. The van der Waals surface area contributed by atoms with Gasteiger partial charge in [-0.15, -0.1) is 0 Å². The molecule has 2 saturated heterocycles. The van der Waals surface area contributed by atoms with Crippen LogP contribution in [0.5, 0.6) is 0 Å². The predicted octanol–water partition coefficient (Wildman–Crippen LogP) is 2.27. The van der Waals surface area contributed by atoms with Crippen molar-refractivity contribution >= 4 is 11.8 Å². The van der Waals surface area contributed by atoms with Crippen LogP contribution in [-0.2, 0) is 25.5 Å². The van der Waals surface area contributed by atoms with Gasteiger partial charge in [-0.3, -0.25) is 9.59 Å². The van der Waals surface area contributed by atoms with E-state index in [1.54, 1.807) is 0 Å². The van der Waals surface area contributed by atoms with E-state index in [1.807, 2.05) is 15.9 Å². The van der Waals surface area contributed by atoms with E-state index >= 15 is 0 Å². The Bertz CT molecular complexity index is 641. The molecule has 2 aliphatic heterocycles. The molecule has 6 heteroatoms. The third kappa shape index (κ3) is 5.55. The van der Waals surface area contributed by atoms with Gasteiger partial charge < -0.3 is 19.3 Å². The lowest BCUT2D eigenvalue weighted by atomic mass is 9.87. The van der Waals surface area contributed by atoms with Crippen LogP contribution in [-0.4, -0.2) is 73.7 Å². The monoisotopic (exact) mass is 388 g/mol. The number of rotatable bonds is 7. The van der Waals surface area contributed by atoms with Crippen LogP contribution < -0.4 is 0 Å². The molecule has 0 unspecified atom stereocenters. The summed E-state index contributed by atoms with van der Waals surface area (Å²) >= 11 is 0. The molecule has 0 aromatic heterocycles. The van der Waals surface area contributed by atoms with Crippen molar-refractivity contribution in [3.63, 3.8) is 0 Å². The van der Waals surface area contributed by atoms with Crippen LogP contribution in [0.15, 0.2) is 30.3 Å². The molecule has 2 fully saturated rings. The maximum atomic E-state index is 12.8. The van der Waals surface area contributed by atoms with Gasteiger partial charge in [-0.05, 0) is 37.7 Å². The molecule has 1 aromatic carbocycles. The Morgan fingerprint density at radius 1 is 1.14 bits per heavy atom. The molecule has 6 nitrogen and oxygen atoms in total. The van der Waals surface area contributed by atoms with Gasteiger partial charge in [0.15, 0.2) is 0 Å². The van der Waals surface area contributed by atoms with Crippen molar-refractivity contribution in [1.82, 2.24) is 9.80 Å². The van der Waals surface area contributed by atoms with Gasteiger partial charge in [-0.25, -0.2) is 0 Å². The number of benzene rings is 1. The number of ether oxygens (including phenoxy) is 2. The second-order valence-corrected chi connectivity index (χ2v) is 7.85. The molecule has 0 aliphatic carbocycles. The van der Waals surface area contributed by atoms with Gasteiger partial charge in [0.2, 0.25) is 11.8 Å². The zero-order valence-corrected chi connectivity index (χ0v) is 16.9. The van der Waals surface area contributed by atoms with E-state index in [1.165, 1.54) is 12.7 Å². The fourth-order valence-corrected chi connectivity index (χ4v) is 4.15. The molecular formula is C22H32N2O4. The number of piperidine rings is 1. The van der Waals surface area contributed by atoms with Gasteiger partial charge in [-0.2, -0.15) is 0 Å². The molecule has 2 aliphatic rings. The van der Waals surface area contributed by atoms with Crippen molar-refractivity contribution in [3.05, 3.63) is 35.9 Å². The number of aryl methyl sites for hydroxylation is 1. The molecule has 2 heterocycles. The number of amides is 2. The van der Waals surface area contributed by atoms with Crippen molar-refractivity contribution in [1.29, 1.82) is 0 Å². The normalized spacial score (nSPS) is 19.7. The van der Waals surface area contributed by atoms with Crippen molar-refractivity contribution in [2.45, 2.75) is 44.1 Å². The fourth-order valence-electron chi connectivity index (χ4n) is 4.15. The molecule has 0 N–H and O–H groups in total. The lowest BCUT2D eigenvalue weighted by Crippen LogP contribution is -2.49. The van der Waals surface area contributed by atoms with Crippen molar-refractivity contribution in [2.75, 3.05) is 46.5 Å². The predicted molar refractivity (Wildman–Crippen MR) is 107 cm³/mol. The number of likely N-dealkylation sites (tertiary alicyclic amines) is 1. The quantitative estimate of drug-likeness (QED) is 0.673. The molecule has 1 aromatic rings. The van der Waals surface area contributed by atoms with E-state index in [0.717, 1.165) is 38.6 Å². The van der Waals surface area contributed by atoms with Crippen molar-refractivity contribution in [3.8, 4) is 0 Å². The van der Waals surface area contributed by atoms with Gasteiger partial charge in [0, 0.05) is 33.3 Å². The molecule has 0 atom stereocenters. The summed E-state index contributed by atoms with van der Waals surface area (Å²) in [4.78, 5) is 28.6. The summed E-state index contributed by atoms with van der Waals surface area (Å²) in [6.45, 7) is 3.42. The highest BCUT2D eigenvalue weighted by molar-refractivity contribution is 5.78. The van der Waals surface area contributed by atoms with Crippen LogP contribution in [0.25, 0.3) is 0 Å². The lowest BCUT2D eigenvalue weighted by molar-refractivity contribution is -0.143. The number of carbonyl (C=O) groups is 2. The van der Waals surface area contributed by atoms with Crippen LogP contribution >= 0.6 is 0 Å². The minimum Gasteiger partial charge on any atom is -0.375 e. The first-order chi connectivity index (χ1) is 13.6. The van der Waals surface area contributed by atoms with Crippen LogP contribution in [0.4, 0.5) is 0 Å². The number of hydrogen-bond acceptors (Lipinski definition) is 4. The highest BCUT2D eigenvalue weighted by Crippen LogP contribution is 2.32. The minimum absolute atomic E-state index is 0.0114. The molecule has 0 saturated carbocycles. The third-order valence-corrected chi connectivity index (χ3v) is 5.88. The SMILES string of the molecule is COCC(=O)N1CCC2(CC1)CC(=O)N(CCCCc1ccccc1)CCO2. The first kappa shape index (κ1) is 20.8. The minimum atomic E-state index is -0.403. The van der Waals surface area contributed by atoms with E-state index in [0.29, 0.717) is 32.7 Å². The van der Waals surface area contributed by atoms with E-state index in [9.17, 15) is 9.59 Å². The highest BCUT2D eigenvalue weighted by atomic mass is 16.5. The summed E-state index contributed by atoms with van der Waals surface area (Å²) in [6.07, 6.45) is 5.00. The third-order valence-electron chi connectivity index (χ3n) is 5.88. The zero-order valence-electron chi connectivity index (χ0n) is 16.9. The Morgan fingerprint density at radius 3 is 2.61 bits per heavy atom. The molecule has 28 heavy (non-hydrogen) atoms. The summed E-state index contributed by atoms with van der Waals surface area (Å²) in [6, 6.07) is 10.5. The average molecular weight is 389 g/mol. The maximum Gasteiger partial charge on any atom is 0.248 e. The number of hydrogen-bond donors (Lipinski definition) is 0. The van der Waals surface area contributed by atoms with E-state index in [-0.39, 0.29) is 18.4 Å². The number of nitrogens with zero attached hydrogens (tertiary/aromatic N) is 2. The van der Waals surface area contributed by atoms with Crippen molar-refractivity contribution in [2.24, 2.45) is 0 Å². The molecule has 154 valence electrons. The summed E-state index contributed by atoms with van der Waals surface area (Å²) in [5, 5.41) is 0. The molecule has 0 bridgehead atoms. The van der Waals surface area contributed by atoms with Crippen LogP contribution in [0.3, 0.4) is 0 Å². The van der Waals surface area contributed by atoms with Crippen molar-refractivity contribution < 1.29 is 19.1 Å². The summed E-state index contributed by atoms with van der Waals surface area (Å²) < 4.78 is 11.1. The standard InChI is InChI=1S/C22H32N2O4/c1-27-18-21(26)24-13-10-22(11-14-24)17-20(25)23(15-16-28-22)12-6-5-9-19-7-3-2-4-8-19/h2-4,7-8H,5-6,9-18H2,1H3. The molecule has 0 radical (unpaired) electrons. The molecule has 3 rings (SSSR count). The fraction of sp³-hybridized carbons (Fsp3) is 0.636. The Kier molecular flexibility index (Phi) is 7.45. The van der Waals surface area contributed by atoms with Gasteiger partial charge >= 0.3 is 0 Å². The highest BCUT2D eigenvalue weighted by Gasteiger charge is 2.41. The van der Waals surface area contributed by atoms with E-state index in [4.69, 9.17) is 9.47 Å². The van der Waals surface area contributed by atoms with Gasteiger partial charge in [0.25, 0.3) is 0 Å². The van der Waals surface area contributed by atoms with Gasteiger partial charge in [0.1, 0.15) is 6.61 Å². The zero-order chi connectivity index (χ0) is 19.8. The lowest BCUT2D eigenvalue weighted by Gasteiger charge is -2.40.